The lowest BCUT2D eigenvalue weighted by Crippen LogP contribution is -2.21. The molecular weight excluding hydrogens is 262 g/mol. The lowest BCUT2D eigenvalue weighted by atomic mass is 10.2. The van der Waals surface area contributed by atoms with Gasteiger partial charge in [-0.1, -0.05) is 11.6 Å². The number of thioether (sulfide) groups is 1. The third kappa shape index (κ3) is 3.34. The van der Waals surface area contributed by atoms with Gasteiger partial charge in [0.05, 0.1) is 11.1 Å². The van der Waals surface area contributed by atoms with Gasteiger partial charge in [0.25, 0.3) is 0 Å². The highest BCUT2D eigenvalue weighted by atomic mass is 35.5. The highest BCUT2D eigenvalue weighted by molar-refractivity contribution is 7.99. The minimum Gasteiger partial charge on any atom is -0.479 e. The summed E-state index contributed by atoms with van der Waals surface area (Å²) in [7, 11) is 0. The van der Waals surface area contributed by atoms with Gasteiger partial charge in [0.1, 0.15) is 5.03 Å². The first-order valence-electron chi connectivity index (χ1n) is 5.28. The Morgan fingerprint density at radius 2 is 2.47 bits per heavy atom. The van der Waals surface area contributed by atoms with Crippen LogP contribution in [0.15, 0.2) is 23.4 Å². The van der Waals surface area contributed by atoms with Gasteiger partial charge in [-0.25, -0.2) is 9.78 Å². The molecule has 2 unspecified atom stereocenters. The van der Waals surface area contributed by atoms with E-state index in [2.05, 4.69) is 4.98 Å². The summed E-state index contributed by atoms with van der Waals surface area (Å²) in [5.41, 5.74) is 0. The van der Waals surface area contributed by atoms with Crippen molar-refractivity contribution < 1.29 is 14.6 Å². The Morgan fingerprint density at radius 3 is 3.12 bits per heavy atom. The highest BCUT2D eigenvalue weighted by Gasteiger charge is 2.30. The van der Waals surface area contributed by atoms with Gasteiger partial charge < -0.3 is 9.84 Å². The summed E-state index contributed by atoms with van der Waals surface area (Å²) in [5, 5.41) is 10.2. The molecule has 1 aliphatic rings. The molecule has 2 rings (SSSR count). The standard InChI is InChI=1S/C11H12ClNO3S/c12-8-2-1-5-13-10(8)17-6-7-3-4-9(16-7)11(14)15/h1-2,5,7,9H,3-4,6H2,(H,14,15). The van der Waals surface area contributed by atoms with Crippen molar-refractivity contribution in [2.75, 3.05) is 5.75 Å². The predicted molar refractivity (Wildman–Crippen MR) is 65.5 cm³/mol. The van der Waals surface area contributed by atoms with E-state index < -0.39 is 12.1 Å². The van der Waals surface area contributed by atoms with Crippen LogP contribution in [0.1, 0.15) is 12.8 Å². The largest absolute Gasteiger partial charge is 0.479 e. The molecule has 2 heterocycles. The van der Waals surface area contributed by atoms with Crippen LogP contribution in [0.2, 0.25) is 5.02 Å². The Labute approximate surface area is 108 Å². The van der Waals surface area contributed by atoms with Crippen LogP contribution in [-0.2, 0) is 9.53 Å². The SMILES string of the molecule is O=C(O)C1CCC(CSc2ncccc2Cl)O1. The van der Waals surface area contributed by atoms with Crippen molar-refractivity contribution in [3.63, 3.8) is 0 Å². The summed E-state index contributed by atoms with van der Waals surface area (Å²) in [6.45, 7) is 0. The van der Waals surface area contributed by atoms with Crippen LogP contribution < -0.4 is 0 Å². The van der Waals surface area contributed by atoms with Crippen molar-refractivity contribution >= 4 is 29.3 Å². The zero-order valence-corrected chi connectivity index (χ0v) is 10.6. The van der Waals surface area contributed by atoms with Crippen LogP contribution in [0, 0.1) is 0 Å². The summed E-state index contributed by atoms with van der Waals surface area (Å²) in [4.78, 5) is 14.9. The molecule has 0 saturated carbocycles. The van der Waals surface area contributed by atoms with Gasteiger partial charge in [-0.05, 0) is 25.0 Å². The van der Waals surface area contributed by atoms with Crippen LogP contribution >= 0.6 is 23.4 Å². The molecule has 1 fully saturated rings. The molecule has 1 N–H and O–H groups in total. The number of ether oxygens (including phenoxy) is 1. The van der Waals surface area contributed by atoms with E-state index in [0.717, 1.165) is 11.4 Å². The number of halogens is 1. The van der Waals surface area contributed by atoms with E-state index in [0.29, 0.717) is 17.2 Å². The van der Waals surface area contributed by atoms with Gasteiger partial charge >= 0.3 is 5.97 Å². The molecule has 0 radical (unpaired) electrons. The minimum atomic E-state index is -0.881. The molecule has 1 aromatic heterocycles. The number of carboxylic acids is 1. The number of rotatable bonds is 4. The van der Waals surface area contributed by atoms with E-state index in [1.54, 1.807) is 18.3 Å². The summed E-state index contributed by atoms with van der Waals surface area (Å²) in [6.07, 6.45) is 2.35. The van der Waals surface area contributed by atoms with Gasteiger partial charge in [0.2, 0.25) is 0 Å². The van der Waals surface area contributed by atoms with E-state index in [4.69, 9.17) is 21.4 Å². The molecule has 1 saturated heterocycles. The number of pyridine rings is 1. The second-order valence-corrected chi connectivity index (χ2v) is 5.18. The van der Waals surface area contributed by atoms with Crippen molar-refractivity contribution in [2.24, 2.45) is 0 Å². The maximum Gasteiger partial charge on any atom is 0.332 e. The topological polar surface area (TPSA) is 59.4 Å². The number of nitrogens with zero attached hydrogens (tertiary/aromatic N) is 1. The Hall–Kier alpha value is -0.780. The van der Waals surface area contributed by atoms with E-state index in [9.17, 15) is 4.79 Å². The molecule has 17 heavy (non-hydrogen) atoms. The average Bonchev–Trinajstić information content (AvgIpc) is 2.77. The Balaban J connectivity index is 1.84. The van der Waals surface area contributed by atoms with Crippen molar-refractivity contribution in [1.82, 2.24) is 4.98 Å². The maximum atomic E-state index is 10.7. The smallest absolute Gasteiger partial charge is 0.332 e. The van der Waals surface area contributed by atoms with Gasteiger partial charge in [-0.15, -0.1) is 11.8 Å². The van der Waals surface area contributed by atoms with Crippen LogP contribution in [0.4, 0.5) is 0 Å². The first kappa shape index (κ1) is 12.7. The zero-order chi connectivity index (χ0) is 12.3. The van der Waals surface area contributed by atoms with Crippen LogP contribution in [0.5, 0.6) is 0 Å². The monoisotopic (exact) mass is 273 g/mol. The summed E-state index contributed by atoms with van der Waals surface area (Å²) < 4.78 is 5.39. The van der Waals surface area contributed by atoms with Crippen molar-refractivity contribution in [2.45, 2.75) is 30.1 Å². The zero-order valence-electron chi connectivity index (χ0n) is 9.01. The summed E-state index contributed by atoms with van der Waals surface area (Å²) in [5.74, 6) is -0.200. The summed E-state index contributed by atoms with van der Waals surface area (Å²) in [6, 6.07) is 3.56. The van der Waals surface area contributed by atoms with Crippen molar-refractivity contribution in [3.05, 3.63) is 23.4 Å². The Kier molecular flexibility index (Phi) is 4.25. The number of carbonyl (C=O) groups is 1. The minimum absolute atomic E-state index is 0.0285. The van der Waals surface area contributed by atoms with Crippen LogP contribution in [-0.4, -0.2) is 34.0 Å². The van der Waals surface area contributed by atoms with Gasteiger partial charge in [-0.2, -0.15) is 0 Å². The predicted octanol–water partition coefficient (Wildman–Crippen LogP) is 2.46. The number of carboxylic acid groups (broad SMARTS) is 1. The molecule has 2 atom stereocenters. The average molecular weight is 274 g/mol. The number of hydrogen-bond donors (Lipinski definition) is 1. The van der Waals surface area contributed by atoms with E-state index >= 15 is 0 Å². The van der Waals surface area contributed by atoms with Gasteiger partial charge in [-0.3, -0.25) is 0 Å². The maximum absolute atomic E-state index is 10.7. The molecule has 92 valence electrons. The molecule has 0 bridgehead atoms. The Bertz CT molecular complexity index is 415. The van der Waals surface area contributed by atoms with Crippen molar-refractivity contribution in [3.8, 4) is 0 Å². The fraction of sp³-hybridized carbons (Fsp3) is 0.455. The number of aliphatic carboxylic acids is 1. The quantitative estimate of drug-likeness (QED) is 0.854. The molecule has 4 nitrogen and oxygen atoms in total. The fourth-order valence-electron chi connectivity index (χ4n) is 1.66. The molecule has 0 aliphatic carbocycles. The molecule has 0 amide bonds. The third-order valence-electron chi connectivity index (χ3n) is 2.51. The molecule has 0 spiro atoms. The molecule has 0 aromatic carbocycles. The second-order valence-electron chi connectivity index (χ2n) is 3.76. The van der Waals surface area contributed by atoms with E-state index in [-0.39, 0.29) is 6.10 Å². The Morgan fingerprint density at radius 1 is 1.65 bits per heavy atom. The molecule has 1 aromatic rings. The fourth-order valence-corrected chi connectivity index (χ4v) is 2.87. The molecule has 6 heteroatoms. The first-order valence-corrected chi connectivity index (χ1v) is 6.65. The number of hydrogen-bond acceptors (Lipinski definition) is 4. The lowest BCUT2D eigenvalue weighted by molar-refractivity contribution is -0.148. The lowest BCUT2D eigenvalue weighted by Gasteiger charge is -2.10. The van der Waals surface area contributed by atoms with E-state index in [1.165, 1.54) is 11.8 Å². The molecular formula is C11H12ClNO3S. The van der Waals surface area contributed by atoms with Crippen LogP contribution in [0.3, 0.4) is 0 Å². The number of aromatic nitrogens is 1. The molecule has 1 aliphatic heterocycles. The van der Waals surface area contributed by atoms with Gasteiger partial charge in [0, 0.05) is 11.9 Å². The third-order valence-corrected chi connectivity index (χ3v) is 4.07. The second kappa shape index (κ2) is 5.71. The normalized spacial score (nSPS) is 23.8. The summed E-state index contributed by atoms with van der Waals surface area (Å²) >= 11 is 7.47. The first-order chi connectivity index (χ1) is 8.16. The van der Waals surface area contributed by atoms with Crippen molar-refractivity contribution in [1.29, 1.82) is 0 Å². The van der Waals surface area contributed by atoms with Gasteiger partial charge in [0.15, 0.2) is 6.10 Å². The van der Waals surface area contributed by atoms with E-state index in [1.807, 2.05) is 0 Å². The van der Waals surface area contributed by atoms with Crippen LogP contribution in [0.25, 0.3) is 0 Å². The highest BCUT2D eigenvalue weighted by Crippen LogP contribution is 2.29.